The summed E-state index contributed by atoms with van der Waals surface area (Å²) in [4.78, 5) is 3.81. The average molecular weight is 199 g/mol. The van der Waals surface area contributed by atoms with Crippen molar-refractivity contribution < 1.29 is 0 Å². The quantitative estimate of drug-likeness (QED) is 0.395. The van der Waals surface area contributed by atoms with E-state index in [1.165, 1.54) is 5.57 Å². The first-order valence-corrected chi connectivity index (χ1v) is 5.27. The summed E-state index contributed by atoms with van der Waals surface area (Å²) in [5, 5.41) is 0. The lowest BCUT2D eigenvalue weighted by Gasteiger charge is -1.79. The maximum atomic E-state index is 3.81. The second-order valence-electron chi connectivity index (χ2n) is 4.27. The van der Waals surface area contributed by atoms with Gasteiger partial charge in [0, 0.05) is 12.8 Å². The van der Waals surface area contributed by atoms with Gasteiger partial charge >= 0.3 is 0 Å². The monoisotopic (exact) mass is 199 g/mol. The van der Waals surface area contributed by atoms with E-state index in [2.05, 4.69) is 45.7 Å². The number of aliphatic imine (C=N–C) groups is 1. The number of hydrogen-bond donors (Lipinski definition) is 0. The van der Waals surface area contributed by atoms with Crippen LogP contribution >= 0.6 is 0 Å². The van der Waals surface area contributed by atoms with Crippen molar-refractivity contribution in [2.24, 2.45) is 10.9 Å². The summed E-state index contributed by atoms with van der Waals surface area (Å²) in [6, 6.07) is 0. The van der Waals surface area contributed by atoms with Gasteiger partial charge in [0.25, 0.3) is 0 Å². The van der Waals surface area contributed by atoms with Crippen molar-refractivity contribution >= 4 is 5.71 Å². The second kappa shape index (κ2) is 14.9. The Morgan fingerprint density at radius 2 is 1.14 bits per heavy atom. The molecule has 0 saturated heterocycles. The van der Waals surface area contributed by atoms with Crippen molar-refractivity contribution in [1.29, 1.82) is 0 Å². The van der Waals surface area contributed by atoms with Gasteiger partial charge in [-0.2, -0.15) is 0 Å². The Morgan fingerprint density at radius 1 is 1.00 bits per heavy atom. The van der Waals surface area contributed by atoms with Crippen LogP contribution in [0.15, 0.2) is 16.6 Å². The van der Waals surface area contributed by atoms with Crippen LogP contribution in [0, 0.1) is 5.92 Å². The van der Waals surface area contributed by atoms with Crippen molar-refractivity contribution in [1.82, 2.24) is 0 Å². The molecule has 14 heavy (non-hydrogen) atoms. The molecule has 0 N–H and O–H groups in total. The Labute approximate surface area is 91.3 Å². The van der Waals surface area contributed by atoms with Gasteiger partial charge in [-0.1, -0.05) is 32.4 Å². The molecule has 0 atom stereocenters. The lowest BCUT2D eigenvalue weighted by Crippen LogP contribution is -1.74. The normalized spacial score (nSPS) is 7.57. The number of nitrogens with zero attached hydrogens (tertiary/aromatic N) is 1. The Balaban J connectivity index is -0.000000131. The highest BCUT2D eigenvalue weighted by molar-refractivity contribution is 5.78. The van der Waals surface area contributed by atoms with Gasteiger partial charge in [-0.3, -0.25) is 4.99 Å². The van der Waals surface area contributed by atoms with E-state index in [0.29, 0.717) is 0 Å². The van der Waals surface area contributed by atoms with Crippen LogP contribution in [0.1, 0.15) is 55.4 Å². The van der Waals surface area contributed by atoms with Gasteiger partial charge in [0.05, 0.1) is 0 Å². The summed E-state index contributed by atoms with van der Waals surface area (Å²) in [6.07, 6.45) is 2.08. The van der Waals surface area contributed by atoms with Crippen LogP contribution in [0.25, 0.3) is 0 Å². The van der Waals surface area contributed by atoms with E-state index in [-0.39, 0.29) is 0 Å². The molecule has 0 unspecified atom stereocenters. The maximum absolute atomic E-state index is 3.81. The number of rotatable bonds is 0. The molecule has 0 aromatic rings. The van der Waals surface area contributed by atoms with Gasteiger partial charge in [-0.05, 0) is 40.5 Å². The van der Waals surface area contributed by atoms with Crippen molar-refractivity contribution in [2.45, 2.75) is 55.4 Å². The largest absolute Gasteiger partial charge is 0.298 e. The first kappa shape index (κ1) is 19.1. The minimum absolute atomic E-state index is 0.833. The highest BCUT2D eigenvalue weighted by Crippen LogP contribution is 1.82. The van der Waals surface area contributed by atoms with Crippen LogP contribution in [0.5, 0.6) is 0 Å². The van der Waals surface area contributed by atoms with Gasteiger partial charge < -0.3 is 0 Å². The van der Waals surface area contributed by atoms with E-state index >= 15 is 0 Å². The fraction of sp³-hybridized carbons (Fsp3) is 0.769. The average Bonchev–Trinajstić information content (AvgIpc) is 2.04. The third-order valence-corrected chi connectivity index (χ3v) is 1.02. The Kier molecular flexibility index (Phi) is 20.3. The summed E-state index contributed by atoms with van der Waals surface area (Å²) in [5.41, 5.74) is 2.51. The molecule has 0 heterocycles. The molecule has 0 rings (SSSR count). The Morgan fingerprint density at radius 3 is 1.14 bits per heavy atom. The van der Waals surface area contributed by atoms with Crippen LogP contribution in [-0.2, 0) is 0 Å². The molecule has 0 aromatic heterocycles. The van der Waals surface area contributed by atoms with Crippen molar-refractivity contribution in [2.75, 3.05) is 7.05 Å². The minimum atomic E-state index is 0.833. The molecule has 1 nitrogen and oxygen atoms in total. The zero-order valence-corrected chi connectivity index (χ0v) is 11.6. The number of allylic oxidation sites excluding steroid dienone is 2. The molecule has 0 spiro atoms. The Hall–Kier alpha value is -0.590. The van der Waals surface area contributed by atoms with Gasteiger partial charge in [-0.25, -0.2) is 0 Å². The first-order valence-electron chi connectivity index (χ1n) is 5.27. The van der Waals surface area contributed by atoms with Gasteiger partial charge in [0.15, 0.2) is 0 Å². The van der Waals surface area contributed by atoms with E-state index in [4.69, 9.17) is 0 Å². The van der Waals surface area contributed by atoms with Crippen LogP contribution in [0.3, 0.4) is 0 Å². The van der Waals surface area contributed by atoms with E-state index in [1.807, 2.05) is 20.8 Å². The summed E-state index contributed by atoms with van der Waals surface area (Å²) in [7, 11) is 1.79. The molecular formula is C13H29N. The third kappa shape index (κ3) is 106. The Bertz CT molecular complexity index is 126. The summed E-state index contributed by atoms with van der Waals surface area (Å²) in [6.45, 7) is 16.6. The van der Waals surface area contributed by atoms with E-state index < -0.39 is 0 Å². The lowest BCUT2D eigenvalue weighted by atomic mass is 10.3. The molecule has 86 valence electrons. The van der Waals surface area contributed by atoms with E-state index in [9.17, 15) is 0 Å². The highest BCUT2D eigenvalue weighted by atomic mass is 14.7. The van der Waals surface area contributed by atoms with Crippen LogP contribution in [0.2, 0.25) is 0 Å². The topological polar surface area (TPSA) is 12.4 Å². The van der Waals surface area contributed by atoms with Crippen molar-refractivity contribution in [3.05, 3.63) is 11.6 Å². The van der Waals surface area contributed by atoms with Gasteiger partial charge in [0.2, 0.25) is 0 Å². The highest BCUT2D eigenvalue weighted by Gasteiger charge is 1.68. The molecule has 0 aromatic carbocycles. The zero-order valence-electron chi connectivity index (χ0n) is 11.6. The molecule has 0 amide bonds. The molecule has 1 heteroatoms. The molecule has 0 radical (unpaired) electrons. The van der Waals surface area contributed by atoms with Crippen LogP contribution < -0.4 is 0 Å². The molecular weight excluding hydrogens is 170 g/mol. The molecule has 0 bridgehead atoms. The number of hydrogen-bond acceptors (Lipinski definition) is 1. The van der Waals surface area contributed by atoms with Gasteiger partial charge in [0.1, 0.15) is 0 Å². The summed E-state index contributed by atoms with van der Waals surface area (Å²) in [5.74, 6) is 0.833. The maximum Gasteiger partial charge on any atom is 0.0276 e. The van der Waals surface area contributed by atoms with Crippen molar-refractivity contribution in [3.8, 4) is 0 Å². The third-order valence-electron chi connectivity index (χ3n) is 1.02. The summed E-state index contributed by atoms with van der Waals surface area (Å²) < 4.78 is 0. The van der Waals surface area contributed by atoms with E-state index in [0.717, 1.165) is 11.6 Å². The smallest absolute Gasteiger partial charge is 0.0276 e. The van der Waals surface area contributed by atoms with Gasteiger partial charge in [-0.15, -0.1) is 0 Å². The molecule has 0 aliphatic heterocycles. The lowest BCUT2D eigenvalue weighted by molar-refractivity contribution is 0.737. The molecule has 0 fully saturated rings. The fourth-order valence-electron chi connectivity index (χ4n) is 0. The molecule has 0 aliphatic carbocycles. The standard InChI is InChI=1S/C5H10.C4H9N.C4H10/c1-4-5(2)3;1-4(2)5-3;1-4(2)3/h4H,1-3H3;1-3H3;4H,1-3H3. The predicted octanol–water partition coefficient (Wildman–Crippen LogP) is 4.73. The SMILES string of the molecule is CC(C)C.CC=C(C)C.CN=C(C)C. The predicted molar refractivity (Wildman–Crippen MR) is 70.3 cm³/mol. The molecule has 0 saturated carbocycles. The zero-order chi connectivity index (χ0) is 12.1. The van der Waals surface area contributed by atoms with E-state index in [1.54, 1.807) is 7.05 Å². The summed E-state index contributed by atoms with van der Waals surface area (Å²) >= 11 is 0. The molecule has 0 aliphatic rings. The van der Waals surface area contributed by atoms with Crippen LogP contribution in [0.4, 0.5) is 0 Å². The van der Waals surface area contributed by atoms with Crippen LogP contribution in [-0.4, -0.2) is 12.8 Å². The van der Waals surface area contributed by atoms with Crippen molar-refractivity contribution in [3.63, 3.8) is 0 Å². The first-order chi connectivity index (χ1) is 6.27. The minimum Gasteiger partial charge on any atom is -0.298 e. The fourth-order valence-corrected chi connectivity index (χ4v) is 0. The second-order valence-corrected chi connectivity index (χ2v) is 4.27.